The van der Waals surface area contributed by atoms with Crippen molar-refractivity contribution in [1.29, 1.82) is 0 Å². The van der Waals surface area contributed by atoms with Gasteiger partial charge in [0.2, 0.25) is 0 Å². The van der Waals surface area contributed by atoms with Gasteiger partial charge in [-0.1, -0.05) is 20.8 Å². The van der Waals surface area contributed by atoms with E-state index in [1.807, 2.05) is 27.7 Å². The van der Waals surface area contributed by atoms with Crippen LogP contribution in [-0.4, -0.2) is 23.3 Å². The third-order valence-corrected chi connectivity index (χ3v) is 3.48. The van der Waals surface area contributed by atoms with Gasteiger partial charge in [-0.25, -0.2) is 0 Å². The third-order valence-electron chi connectivity index (χ3n) is 3.48. The molecule has 0 aliphatic heterocycles. The summed E-state index contributed by atoms with van der Waals surface area (Å²) in [7, 11) is 0. The van der Waals surface area contributed by atoms with E-state index in [1.54, 1.807) is 0 Å². The topological polar surface area (TPSA) is 46.5 Å². The molecular weight excluding hydrogens is 204 g/mol. The molecule has 1 N–H and O–H groups in total. The molecule has 3 nitrogen and oxygen atoms in total. The summed E-state index contributed by atoms with van der Waals surface area (Å²) in [6, 6.07) is 0. The minimum atomic E-state index is -0.634. The summed E-state index contributed by atoms with van der Waals surface area (Å²) < 4.78 is 5.21. The zero-order valence-electron chi connectivity index (χ0n) is 10.9. The Balaban J connectivity index is 2.64. The van der Waals surface area contributed by atoms with E-state index in [0.29, 0.717) is 19.4 Å². The van der Waals surface area contributed by atoms with E-state index < -0.39 is 5.60 Å². The maximum atomic E-state index is 11.9. The molecule has 0 heterocycles. The summed E-state index contributed by atoms with van der Waals surface area (Å²) in [5.74, 6) is -0.165. The predicted octanol–water partition coefficient (Wildman–Crippen LogP) is 2.52. The van der Waals surface area contributed by atoms with Crippen molar-refractivity contribution in [3.05, 3.63) is 0 Å². The van der Waals surface area contributed by atoms with Crippen LogP contribution in [0.3, 0.4) is 0 Å². The van der Waals surface area contributed by atoms with E-state index in [-0.39, 0.29) is 17.3 Å². The summed E-state index contributed by atoms with van der Waals surface area (Å²) in [6.45, 7) is 8.42. The average Bonchev–Trinajstić information content (AvgIpc) is 2.11. The molecule has 16 heavy (non-hydrogen) atoms. The first-order valence-electron chi connectivity index (χ1n) is 6.17. The minimum Gasteiger partial charge on any atom is -0.465 e. The van der Waals surface area contributed by atoms with Gasteiger partial charge in [0.05, 0.1) is 18.1 Å². The van der Waals surface area contributed by atoms with Crippen molar-refractivity contribution in [2.24, 2.45) is 11.3 Å². The van der Waals surface area contributed by atoms with E-state index in [4.69, 9.17) is 4.74 Å². The Morgan fingerprint density at radius 3 is 2.56 bits per heavy atom. The fourth-order valence-corrected chi connectivity index (χ4v) is 2.78. The Hall–Kier alpha value is -0.570. The SMILES string of the molecule is CCCOC(=O)C1CCC(C)(O)CC1(C)C. The normalized spacial score (nSPS) is 33.4. The zero-order chi connectivity index (χ0) is 12.4. The summed E-state index contributed by atoms with van der Waals surface area (Å²) >= 11 is 0. The molecule has 3 heteroatoms. The quantitative estimate of drug-likeness (QED) is 0.755. The molecule has 2 atom stereocenters. The molecule has 1 saturated carbocycles. The van der Waals surface area contributed by atoms with Gasteiger partial charge in [-0.3, -0.25) is 4.79 Å². The second-order valence-electron chi connectivity index (χ2n) is 5.92. The van der Waals surface area contributed by atoms with Gasteiger partial charge < -0.3 is 9.84 Å². The van der Waals surface area contributed by atoms with Crippen molar-refractivity contribution < 1.29 is 14.6 Å². The Kier molecular flexibility index (Phi) is 4.00. The highest BCUT2D eigenvalue weighted by atomic mass is 16.5. The Bertz CT molecular complexity index is 256. The van der Waals surface area contributed by atoms with Crippen molar-refractivity contribution in [3.63, 3.8) is 0 Å². The number of rotatable bonds is 3. The number of hydrogen-bond acceptors (Lipinski definition) is 3. The van der Waals surface area contributed by atoms with Gasteiger partial charge in [-0.05, 0) is 38.0 Å². The van der Waals surface area contributed by atoms with Gasteiger partial charge in [0.15, 0.2) is 0 Å². The Morgan fingerprint density at radius 2 is 2.06 bits per heavy atom. The fraction of sp³-hybridized carbons (Fsp3) is 0.923. The molecule has 0 amide bonds. The van der Waals surface area contributed by atoms with E-state index in [0.717, 1.165) is 12.8 Å². The van der Waals surface area contributed by atoms with Crippen molar-refractivity contribution in [2.75, 3.05) is 6.61 Å². The number of ether oxygens (including phenoxy) is 1. The zero-order valence-corrected chi connectivity index (χ0v) is 10.9. The molecule has 0 aromatic heterocycles. The highest BCUT2D eigenvalue weighted by Gasteiger charge is 2.45. The molecular formula is C13H24O3. The van der Waals surface area contributed by atoms with Crippen molar-refractivity contribution in [1.82, 2.24) is 0 Å². The molecule has 0 spiro atoms. The molecule has 1 fully saturated rings. The van der Waals surface area contributed by atoms with Crippen LogP contribution in [0.15, 0.2) is 0 Å². The number of carbonyl (C=O) groups excluding carboxylic acids is 1. The molecule has 0 radical (unpaired) electrons. The van der Waals surface area contributed by atoms with Crippen LogP contribution >= 0.6 is 0 Å². The molecule has 1 rings (SSSR count). The van der Waals surface area contributed by atoms with Crippen LogP contribution in [0, 0.1) is 11.3 Å². The molecule has 0 saturated heterocycles. The van der Waals surface area contributed by atoms with Gasteiger partial charge in [-0.2, -0.15) is 0 Å². The van der Waals surface area contributed by atoms with E-state index in [1.165, 1.54) is 0 Å². The van der Waals surface area contributed by atoms with Gasteiger partial charge in [-0.15, -0.1) is 0 Å². The largest absolute Gasteiger partial charge is 0.465 e. The lowest BCUT2D eigenvalue weighted by Gasteiger charge is -2.44. The first-order valence-corrected chi connectivity index (χ1v) is 6.17. The highest BCUT2D eigenvalue weighted by Crippen LogP contribution is 2.45. The van der Waals surface area contributed by atoms with Crippen LogP contribution in [-0.2, 0) is 9.53 Å². The second kappa shape index (κ2) is 4.74. The van der Waals surface area contributed by atoms with E-state index >= 15 is 0 Å². The monoisotopic (exact) mass is 228 g/mol. The van der Waals surface area contributed by atoms with Crippen LogP contribution in [0.2, 0.25) is 0 Å². The Labute approximate surface area is 98.2 Å². The summed E-state index contributed by atoms with van der Waals surface area (Å²) in [4.78, 5) is 11.9. The lowest BCUT2D eigenvalue weighted by atomic mass is 9.64. The molecule has 0 aromatic rings. The maximum Gasteiger partial charge on any atom is 0.309 e. The molecule has 0 aromatic carbocycles. The lowest BCUT2D eigenvalue weighted by Crippen LogP contribution is -2.45. The first-order chi connectivity index (χ1) is 7.28. The number of aliphatic hydroxyl groups is 1. The van der Waals surface area contributed by atoms with Crippen LogP contribution < -0.4 is 0 Å². The smallest absolute Gasteiger partial charge is 0.309 e. The van der Waals surface area contributed by atoms with Crippen LogP contribution in [0.1, 0.15) is 53.4 Å². The van der Waals surface area contributed by atoms with Gasteiger partial charge in [0.25, 0.3) is 0 Å². The minimum absolute atomic E-state index is 0.0701. The molecule has 94 valence electrons. The fourth-order valence-electron chi connectivity index (χ4n) is 2.78. The molecule has 0 bridgehead atoms. The Morgan fingerprint density at radius 1 is 1.44 bits per heavy atom. The van der Waals surface area contributed by atoms with E-state index in [9.17, 15) is 9.90 Å². The molecule has 1 aliphatic rings. The van der Waals surface area contributed by atoms with Gasteiger partial charge >= 0.3 is 5.97 Å². The summed E-state index contributed by atoms with van der Waals surface area (Å²) in [5, 5.41) is 10.0. The van der Waals surface area contributed by atoms with Crippen molar-refractivity contribution in [2.45, 2.75) is 59.0 Å². The number of esters is 1. The summed E-state index contributed by atoms with van der Waals surface area (Å²) in [5.41, 5.74) is -0.808. The maximum absolute atomic E-state index is 11.9. The highest BCUT2D eigenvalue weighted by molar-refractivity contribution is 5.73. The number of carbonyl (C=O) groups is 1. The average molecular weight is 228 g/mol. The van der Waals surface area contributed by atoms with Crippen LogP contribution in [0.5, 0.6) is 0 Å². The van der Waals surface area contributed by atoms with Crippen molar-refractivity contribution in [3.8, 4) is 0 Å². The summed E-state index contributed by atoms with van der Waals surface area (Å²) in [6.07, 6.45) is 2.92. The second-order valence-corrected chi connectivity index (χ2v) is 5.92. The molecule has 2 unspecified atom stereocenters. The van der Waals surface area contributed by atoms with Crippen LogP contribution in [0.4, 0.5) is 0 Å². The predicted molar refractivity (Wildman–Crippen MR) is 63.0 cm³/mol. The first kappa shape index (κ1) is 13.5. The van der Waals surface area contributed by atoms with Crippen LogP contribution in [0.25, 0.3) is 0 Å². The lowest BCUT2D eigenvalue weighted by molar-refractivity contribution is -0.159. The standard InChI is InChI=1S/C13H24O3/c1-5-8-16-11(14)10-6-7-13(4,15)9-12(10,2)3/h10,15H,5-9H2,1-4H3. The van der Waals surface area contributed by atoms with Gasteiger partial charge in [0.1, 0.15) is 0 Å². The third kappa shape index (κ3) is 3.21. The van der Waals surface area contributed by atoms with Crippen molar-refractivity contribution >= 4 is 5.97 Å². The van der Waals surface area contributed by atoms with E-state index in [2.05, 4.69) is 0 Å². The van der Waals surface area contributed by atoms with Gasteiger partial charge in [0, 0.05) is 0 Å². The molecule has 1 aliphatic carbocycles. The number of hydrogen-bond donors (Lipinski definition) is 1.